The Balaban J connectivity index is 1.34. The molecule has 0 atom stereocenters. The van der Waals surface area contributed by atoms with Crippen molar-refractivity contribution in [3.8, 4) is 0 Å². The lowest BCUT2D eigenvalue weighted by Crippen LogP contribution is -2.17. The molecule has 174 valence electrons. The molecule has 0 radical (unpaired) electrons. The molecule has 3 N–H and O–H groups in total. The molecule has 0 spiro atoms. The number of nitrogens with one attached hydrogen (secondary N) is 3. The zero-order valence-electron chi connectivity index (χ0n) is 19.1. The SMILES string of the molecule is Cc1cc(C(=O)Nc2cc(Nc3ccc4c(/C=C\c5ccccn5)n[nH]c4c3)ccc2F)n(C)n1. The minimum Gasteiger partial charge on any atom is -0.355 e. The molecule has 0 unspecified atom stereocenters. The van der Waals surface area contributed by atoms with Gasteiger partial charge in [-0.05, 0) is 73.7 Å². The summed E-state index contributed by atoms with van der Waals surface area (Å²) in [6.07, 6.45) is 5.56. The fourth-order valence-corrected chi connectivity index (χ4v) is 3.76. The molecule has 9 heteroatoms. The molecule has 3 heterocycles. The number of anilines is 3. The lowest BCUT2D eigenvalue weighted by molar-refractivity contribution is 0.101. The Hall–Kier alpha value is -4.79. The van der Waals surface area contributed by atoms with Gasteiger partial charge in [0.15, 0.2) is 0 Å². The van der Waals surface area contributed by atoms with Crippen LogP contribution in [0.5, 0.6) is 0 Å². The van der Waals surface area contributed by atoms with Crippen molar-refractivity contribution in [1.29, 1.82) is 0 Å². The van der Waals surface area contributed by atoms with Crippen LogP contribution in [0.3, 0.4) is 0 Å². The van der Waals surface area contributed by atoms with Crippen LogP contribution in [0.4, 0.5) is 21.5 Å². The predicted molar refractivity (Wildman–Crippen MR) is 135 cm³/mol. The van der Waals surface area contributed by atoms with E-state index >= 15 is 0 Å². The molecule has 0 saturated carbocycles. The highest BCUT2D eigenvalue weighted by Gasteiger charge is 2.15. The Kier molecular flexibility index (Phi) is 5.80. The van der Waals surface area contributed by atoms with Crippen LogP contribution in [-0.4, -0.2) is 30.9 Å². The van der Waals surface area contributed by atoms with Crippen LogP contribution in [0, 0.1) is 12.7 Å². The molecule has 0 saturated heterocycles. The zero-order chi connectivity index (χ0) is 24.4. The lowest BCUT2D eigenvalue weighted by atomic mass is 10.1. The summed E-state index contributed by atoms with van der Waals surface area (Å²) in [5, 5.41) is 18.4. The molecule has 2 aromatic carbocycles. The number of aryl methyl sites for hydroxylation is 2. The Morgan fingerprint density at radius 1 is 1.06 bits per heavy atom. The smallest absolute Gasteiger partial charge is 0.274 e. The van der Waals surface area contributed by atoms with Crippen LogP contribution in [0.15, 0.2) is 66.9 Å². The number of H-pyrrole nitrogens is 1. The van der Waals surface area contributed by atoms with Gasteiger partial charge in [-0.3, -0.25) is 19.6 Å². The van der Waals surface area contributed by atoms with Crippen LogP contribution in [0.25, 0.3) is 23.1 Å². The zero-order valence-corrected chi connectivity index (χ0v) is 19.1. The van der Waals surface area contributed by atoms with Crippen LogP contribution in [0.1, 0.15) is 27.6 Å². The third kappa shape index (κ3) is 4.79. The molecule has 5 rings (SSSR count). The van der Waals surface area contributed by atoms with E-state index in [2.05, 4.69) is 30.9 Å². The van der Waals surface area contributed by atoms with Crippen LogP contribution >= 0.6 is 0 Å². The van der Waals surface area contributed by atoms with E-state index in [0.717, 1.165) is 28.0 Å². The Morgan fingerprint density at radius 3 is 2.66 bits per heavy atom. The van der Waals surface area contributed by atoms with Gasteiger partial charge in [-0.15, -0.1) is 0 Å². The van der Waals surface area contributed by atoms with Gasteiger partial charge in [0.1, 0.15) is 11.5 Å². The summed E-state index contributed by atoms with van der Waals surface area (Å²) >= 11 is 0. The first-order valence-corrected chi connectivity index (χ1v) is 10.9. The first-order valence-electron chi connectivity index (χ1n) is 10.9. The second-order valence-electron chi connectivity index (χ2n) is 8.03. The van der Waals surface area contributed by atoms with E-state index in [1.807, 2.05) is 48.6 Å². The molecule has 0 aliphatic rings. The number of carbonyl (C=O) groups is 1. The van der Waals surface area contributed by atoms with E-state index < -0.39 is 11.7 Å². The molecule has 0 bridgehead atoms. The van der Waals surface area contributed by atoms with Crippen molar-refractivity contribution in [2.45, 2.75) is 6.92 Å². The number of amides is 1. The maximum Gasteiger partial charge on any atom is 0.274 e. The Morgan fingerprint density at radius 2 is 1.89 bits per heavy atom. The summed E-state index contributed by atoms with van der Waals surface area (Å²) < 4.78 is 15.9. The standard InChI is InChI=1S/C26H22FN7O/c1-16-13-25(34(2)33-16)26(35)30-24-15-19(7-10-21(24)27)29-18-6-9-20-22(31-32-23(20)14-18)11-8-17-5-3-4-12-28-17/h3-15,29H,1-2H3,(H,30,35)(H,31,32)/b11-8-. The first kappa shape index (κ1) is 22.0. The number of aromatic nitrogens is 5. The van der Waals surface area contributed by atoms with Gasteiger partial charge in [0.2, 0.25) is 0 Å². The van der Waals surface area contributed by atoms with E-state index in [0.29, 0.717) is 17.1 Å². The molecule has 0 fully saturated rings. The maximum absolute atomic E-state index is 14.4. The first-order chi connectivity index (χ1) is 17.0. The van der Waals surface area contributed by atoms with Crippen molar-refractivity contribution >= 4 is 46.0 Å². The third-order valence-electron chi connectivity index (χ3n) is 5.43. The highest BCUT2D eigenvalue weighted by Crippen LogP contribution is 2.27. The number of aromatic amines is 1. The quantitative estimate of drug-likeness (QED) is 0.314. The van der Waals surface area contributed by atoms with Gasteiger partial charge in [-0.2, -0.15) is 10.2 Å². The summed E-state index contributed by atoms with van der Waals surface area (Å²) in [4.78, 5) is 16.9. The molecule has 0 aliphatic carbocycles. The van der Waals surface area contributed by atoms with Gasteiger partial charge >= 0.3 is 0 Å². The molecular weight excluding hydrogens is 445 g/mol. The second kappa shape index (κ2) is 9.22. The van der Waals surface area contributed by atoms with Crippen molar-refractivity contribution < 1.29 is 9.18 Å². The van der Waals surface area contributed by atoms with E-state index in [1.54, 1.807) is 38.4 Å². The molecule has 35 heavy (non-hydrogen) atoms. The third-order valence-corrected chi connectivity index (χ3v) is 5.43. The van der Waals surface area contributed by atoms with Crippen molar-refractivity contribution in [3.63, 3.8) is 0 Å². The van der Waals surface area contributed by atoms with Crippen molar-refractivity contribution in [1.82, 2.24) is 25.0 Å². The summed E-state index contributed by atoms with van der Waals surface area (Å²) in [6, 6.07) is 17.6. The fourth-order valence-electron chi connectivity index (χ4n) is 3.76. The van der Waals surface area contributed by atoms with Gasteiger partial charge in [0, 0.05) is 30.0 Å². The van der Waals surface area contributed by atoms with Crippen LogP contribution < -0.4 is 10.6 Å². The molecular formula is C26H22FN7O. The van der Waals surface area contributed by atoms with E-state index in [4.69, 9.17) is 0 Å². The number of rotatable bonds is 6. The van der Waals surface area contributed by atoms with Crippen molar-refractivity contribution in [2.24, 2.45) is 7.05 Å². The van der Waals surface area contributed by atoms with Gasteiger partial charge in [0.25, 0.3) is 5.91 Å². The van der Waals surface area contributed by atoms with Gasteiger partial charge in [0.05, 0.1) is 28.3 Å². The minimum absolute atomic E-state index is 0.0726. The van der Waals surface area contributed by atoms with Crippen molar-refractivity contribution in [2.75, 3.05) is 10.6 Å². The number of benzene rings is 2. The van der Waals surface area contributed by atoms with Gasteiger partial charge < -0.3 is 10.6 Å². The summed E-state index contributed by atoms with van der Waals surface area (Å²) in [5.74, 6) is -0.967. The summed E-state index contributed by atoms with van der Waals surface area (Å²) in [5.41, 5.74) is 5.02. The van der Waals surface area contributed by atoms with E-state index in [9.17, 15) is 9.18 Å². The number of fused-ring (bicyclic) bond motifs is 1. The number of pyridine rings is 1. The largest absolute Gasteiger partial charge is 0.355 e. The normalized spacial score (nSPS) is 11.3. The predicted octanol–water partition coefficient (Wildman–Crippen LogP) is 5.31. The molecule has 3 aromatic heterocycles. The number of halogens is 1. The molecule has 1 amide bonds. The second-order valence-corrected chi connectivity index (χ2v) is 8.03. The highest BCUT2D eigenvalue weighted by molar-refractivity contribution is 6.03. The highest BCUT2D eigenvalue weighted by atomic mass is 19.1. The van der Waals surface area contributed by atoms with Crippen LogP contribution in [-0.2, 0) is 7.05 Å². The summed E-state index contributed by atoms with van der Waals surface area (Å²) in [7, 11) is 1.67. The van der Waals surface area contributed by atoms with Crippen molar-refractivity contribution in [3.05, 3.63) is 95.5 Å². The maximum atomic E-state index is 14.4. The monoisotopic (exact) mass is 467 g/mol. The fraction of sp³-hybridized carbons (Fsp3) is 0.0769. The molecule has 0 aliphatic heterocycles. The van der Waals surface area contributed by atoms with Gasteiger partial charge in [-0.25, -0.2) is 4.39 Å². The lowest BCUT2D eigenvalue weighted by Gasteiger charge is -2.11. The number of nitrogens with zero attached hydrogens (tertiary/aromatic N) is 4. The van der Waals surface area contributed by atoms with Gasteiger partial charge in [-0.1, -0.05) is 6.07 Å². The average Bonchev–Trinajstić information content (AvgIpc) is 3.42. The topological polar surface area (TPSA) is 101 Å². The van der Waals surface area contributed by atoms with Crippen LogP contribution in [0.2, 0.25) is 0 Å². The summed E-state index contributed by atoms with van der Waals surface area (Å²) in [6.45, 7) is 1.79. The molecule has 5 aromatic rings. The Labute approximate surface area is 200 Å². The number of hydrogen-bond acceptors (Lipinski definition) is 5. The van der Waals surface area contributed by atoms with E-state index in [-0.39, 0.29) is 5.69 Å². The number of hydrogen-bond donors (Lipinski definition) is 3. The molecule has 8 nitrogen and oxygen atoms in total. The Bertz CT molecular complexity index is 1550. The minimum atomic E-state index is -0.531. The average molecular weight is 468 g/mol. The van der Waals surface area contributed by atoms with E-state index in [1.165, 1.54) is 10.7 Å². The number of carbonyl (C=O) groups excluding carboxylic acids is 1.